The first-order valence-corrected chi connectivity index (χ1v) is 4.26. The van der Waals surface area contributed by atoms with E-state index >= 15 is 0 Å². The maximum Gasteiger partial charge on any atom is 0.186 e. The van der Waals surface area contributed by atoms with Gasteiger partial charge in [0.25, 0.3) is 0 Å². The molecule has 62 valence electrons. The third kappa shape index (κ3) is 0.773. The van der Waals surface area contributed by atoms with Gasteiger partial charge in [0.2, 0.25) is 0 Å². The first kappa shape index (κ1) is 6.78. The lowest BCUT2D eigenvalue weighted by Crippen LogP contribution is -1.96. The molecule has 3 rings (SSSR count). The molecule has 0 saturated heterocycles. The quantitative estimate of drug-likeness (QED) is 0.603. The summed E-state index contributed by atoms with van der Waals surface area (Å²) in [6, 6.07) is 7.95. The summed E-state index contributed by atoms with van der Waals surface area (Å²) in [5, 5.41) is 2.17. The standard InChI is InChI=1S/C11H7NO/c13-9-6-8-3-1-2-7-4-5-12-11(9)10(7)8/h1-5H,6H2. The highest BCUT2D eigenvalue weighted by Gasteiger charge is 2.22. The molecule has 1 aliphatic rings. The number of rotatable bonds is 0. The average molecular weight is 169 g/mol. The van der Waals surface area contributed by atoms with Crippen molar-refractivity contribution in [1.29, 1.82) is 0 Å². The Kier molecular flexibility index (Phi) is 1.13. The van der Waals surface area contributed by atoms with Crippen molar-refractivity contribution in [2.24, 2.45) is 0 Å². The molecule has 0 amide bonds. The number of benzene rings is 1. The van der Waals surface area contributed by atoms with E-state index in [9.17, 15) is 4.79 Å². The molecule has 0 bridgehead atoms. The fourth-order valence-corrected chi connectivity index (χ4v) is 1.92. The molecule has 1 heterocycles. The van der Waals surface area contributed by atoms with Crippen molar-refractivity contribution >= 4 is 16.6 Å². The number of carbonyl (C=O) groups excluding carboxylic acids is 1. The number of nitrogens with zero attached hydrogens (tertiary/aromatic N) is 1. The first-order chi connectivity index (χ1) is 6.36. The van der Waals surface area contributed by atoms with E-state index in [0.717, 1.165) is 16.3 Å². The largest absolute Gasteiger partial charge is 0.292 e. The SMILES string of the molecule is O=C1Cc2cccc3ccnc1c23. The number of pyridine rings is 1. The molecule has 0 saturated carbocycles. The van der Waals surface area contributed by atoms with Crippen LogP contribution < -0.4 is 0 Å². The number of Topliss-reactive ketones (excluding diaryl/α,β-unsaturated/α-hetero) is 1. The molecule has 1 aliphatic carbocycles. The van der Waals surface area contributed by atoms with E-state index in [1.54, 1.807) is 6.20 Å². The van der Waals surface area contributed by atoms with E-state index in [0.29, 0.717) is 12.1 Å². The fraction of sp³-hybridized carbons (Fsp3) is 0.0909. The topological polar surface area (TPSA) is 30.0 Å². The van der Waals surface area contributed by atoms with Gasteiger partial charge in [0.05, 0.1) is 0 Å². The summed E-state index contributed by atoms with van der Waals surface area (Å²) in [6.07, 6.45) is 2.22. The minimum Gasteiger partial charge on any atom is -0.292 e. The Morgan fingerprint density at radius 1 is 1.23 bits per heavy atom. The molecular formula is C11H7NO. The Balaban J connectivity index is 2.58. The highest BCUT2D eigenvalue weighted by molar-refractivity contribution is 6.13. The van der Waals surface area contributed by atoms with Crippen LogP contribution in [-0.4, -0.2) is 10.8 Å². The van der Waals surface area contributed by atoms with Gasteiger partial charge < -0.3 is 0 Å². The molecule has 2 heteroatoms. The molecular weight excluding hydrogens is 162 g/mol. The average Bonchev–Trinajstić information content (AvgIpc) is 2.47. The summed E-state index contributed by atoms with van der Waals surface area (Å²) in [7, 11) is 0. The van der Waals surface area contributed by atoms with Crippen molar-refractivity contribution < 1.29 is 4.79 Å². The Bertz CT molecular complexity index is 511. The smallest absolute Gasteiger partial charge is 0.186 e. The number of carbonyl (C=O) groups is 1. The van der Waals surface area contributed by atoms with Gasteiger partial charge in [-0.1, -0.05) is 18.2 Å². The summed E-state index contributed by atoms with van der Waals surface area (Å²) >= 11 is 0. The van der Waals surface area contributed by atoms with Crippen molar-refractivity contribution in [3.8, 4) is 0 Å². The monoisotopic (exact) mass is 169 g/mol. The number of hydrogen-bond acceptors (Lipinski definition) is 2. The molecule has 2 nitrogen and oxygen atoms in total. The molecule has 0 radical (unpaired) electrons. The summed E-state index contributed by atoms with van der Waals surface area (Å²) in [5.74, 6) is 0.145. The molecule has 0 aliphatic heterocycles. The van der Waals surface area contributed by atoms with Gasteiger partial charge in [0.1, 0.15) is 5.69 Å². The van der Waals surface area contributed by atoms with Gasteiger partial charge in [-0.3, -0.25) is 9.78 Å². The van der Waals surface area contributed by atoms with Gasteiger partial charge >= 0.3 is 0 Å². The first-order valence-electron chi connectivity index (χ1n) is 4.26. The second-order valence-electron chi connectivity index (χ2n) is 3.27. The predicted octanol–water partition coefficient (Wildman–Crippen LogP) is 1.97. The second-order valence-corrected chi connectivity index (χ2v) is 3.27. The van der Waals surface area contributed by atoms with Crippen LogP contribution in [0.15, 0.2) is 30.5 Å². The number of hydrogen-bond donors (Lipinski definition) is 0. The summed E-state index contributed by atoms with van der Waals surface area (Å²) in [4.78, 5) is 15.6. The maximum absolute atomic E-state index is 11.5. The normalized spacial score (nSPS) is 14.0. The highest BCUT2D eigenvalue weighted by Crippen LogP contribution is 2.28. The van der Waals surface area contributed by atoms with Crippen molar-refractivity contribution in [2.45, 2.75) is 6.42 Å². The van der Waals surface area contributed by atoms with Crippen molar-refractivity contribution in [1.82, 2.24) is 4.98 Å². The van der Waals surface area contributed by atoms with Gasteiger partial charge in [-0.15, -0.1) is 0 Å². The van der Waals surface area contributed by atoms with Crippen LogP contribution in [-0.2, 0) is 6.42 Å². The lowest BCUT2D eigenvalue weighted by Gasteiger charge is -1.97. The van der Waals surface area contributed by atoms with Crippen LogP contribution in [0, 0.1) is 0 Å². The summed E-state index contributed by atoms with van der Waals surface area (Å²) in [5.41, 5.74) is 1.76. The van der Waals surface area contributed by atoms with Crippen molar-refractivity contribution in [3.05, 3.63) is 41.7 Å². The third-order valence-corrected chi connectivity index (χ3v) is 2.49. The zero-order chi connectivity index (χ0) is 8.84. The lowest BCUT2D eigenvalue weighted by atomic mass is 10.1. The van der Waals surface area contributed by atoms with E-state index in [1.165, 1.54) is 0 Å². The van der Waals surface area contributed by atoms with Crippen LogP contribution in [0.3, 0.4) is 0 Å². The number of aromatic nitrogens is 1. The van der Waals surface area contributed by atoms with Crippen LogP contribution in [0.25, 0.3) is 10.8 Å². The van der Waals surface area contributed by atoms with Crippen LogP contribution in [0.2, 0.25) is 0 Å². The Labute approximate surface area is 75.2 Å². The third-order valence-electron chi connectivity index (χ3n) is 2.49. The molecule has 0 atom stereocenters. The molecule has 0 unspecified atom stereocenters. The lowest BCUT2D eigenvalue weighted by molar-refractivity contribution is 0.0995. The molecule has 13 heavy (non-hydrogen) atoms. The maximum atomic E-state index is 11.5. The van der Waals surface area contributed by atoms with E-state index in [4.69, 9.17) is 0 Å². The van der Waals surface area contributed by atoms with Gasteiger partial charge in [-0.05, 0) is 17.0 Å². The Morgan fingerprint density at radius 2 is 2.15 bits per heavy atom. The molecule has 0 fully saturated rings. The van der Waals surface area contributed by atoms with E-state index in [2.05, 4.69) is 4.98 Å². The summed E-state index contributed by atoms with van der Waals surface area (Å²) in [6.45, 7) is 0. The predicted molar refractivity (Wildman–Crippen MR) is 49.8 cm³/mol. The highest BCUT2D eigenvalue weighted by atomic mass is 16.1. The zero-order valence-electron chi connectivity index (χ0n) is 6.95. The fourth-order valence-electron chi connectivity index (χ4n) is 1.92. The zero-order valence-corrected chi connectivity index (χ0v) is 6.95. The second kappa shape index (κ2) is 2.16. The summed E-state index contributed by atoms with van der Waals surface area (Å²) < 4.78 is 0. The van der Waals surface area contributed by atoms with Gasteiger partial charge in [-0.25, -0.2) is 0 Å². The van der Waals surface area contributed by atoms with Crippen LogP contribution in [0.4, 0.5) is 0 Å². The van der Waals surface area contributed by atoms with Crippen LogP contribution >= 0.6 is 0 Å². The van der Waals surface area contributed by atoms with Gasteiger partial charge in [0, 0.05) is 18.0 Å². The van der Waals surface area contributed by atoms with Gasteiger partial charge in [-0.2, -0.15) is 0 Å². The number of ketones is 1. The van der Waals surface area contributed by atoms with E-state index in [-0.39, 0.29) is 5.78 Å². The molecule has 0 spiro atoms. The van der Waals surface area contributed by atoms with Crippen molar-refractivity contribution in [3.63, 3.8) is 0 Å². The Morgan fingerprint density at radius 3 is 3.08 bits per heavy atom. The Hall–Kier alpha value is -1.70. The molecule has 2 aromatic rings. The minimum atomic E-state index is 0.145. The molecule has 1 aromatic heterocycles. The van der Waals surface area contributed by atoms with Crippen molar-refractivity contribution in [2.75, 3.05) is 0 Å². The minimum absolute atomic E-state index is 0.145. The van der Waals surface area contributed by atoms with Crippen LogP contribution in [0.1, 0.15) is 16.1 Å². The molecule has 1 aromatic carbocycles. The van der Waals surface area contributed by atoms with E-state index < -0.39 is 0 Å². The van der Waals surface area contributed by atoms with Crippen LogP contribution in [0.5, 0.6) is 0 Å². The molecule has 0 N–H and O–H groups in total. The van der Waals surface area contributed by atoms with E-state index in [1.807, 2.05) is 24.3 Å². The van der Waals surface area contributed by atoms with Gasteiger partial charge in [0.15, 0.2) is 5.78 Å².